The van der Waals surface area contributed by atoms with Crippen molar-refractivity contribution in [1.82, 2.24) is 9.97 Å². The average molecular weight is 192 g/mol. The fourth-order valence-corrected chi connectivity index (χ4v) is 1.15. The standard InChI is InChI=1S/C10H12N2O2/c13-10(8-1-2-8)14-6-3-9-7-11-4-5-12-9/h4-5,7-8H,1-3,6H2. The van der Waals surface area contributed by atoms with Crippen molar-refractivity contribution in [3.63, 3.8) is 0 Å². The summed E-state index contributed by atoms with van der Waals surface area (Å²) in [6, 6.07) is 0. The lowest BCUT2D eigenvalue weighted by Gasteiger charge is -2.02. The SMILES string of the molecule is O=C(OCCc1cnccn1)C1CC1. The van der Waals surface area contributed by atoms with Crippen LogP contribution in [0.15, 0.2) is 18.6 Å². The second-order valence-corrected chi connectivity index (χ2v) is 3.39. The summed E-state index contributed by atoms with van der Waals surface area (Å²) >= 11 is 0. The van der Waals surface area contributed by atoms with Gasteiger partial charge in [-0.2, -0.15) is 0 Å². The molecule has 4 heteroatoms. The number of aromatic nitrogens is 2. The topological polar surface area (TPSA) is 52.1 Å². The van der Waals surface area contributed by atoms with E-state index in [4.69, 9.17) is 4.74 Å². The lowest BCUT2D eigenvalue weighted by atomic mass is 10.3. The zero-order valence-corrected chi connectivity index (χ0v) is 7.85. The number of carbonyl (C=O) groups excluding carboxylic acids is 1. The first-order valence-electron chi connectivity index (χ1n) is 4.78. The molecule has 0 amide bonds. The van der Waals surface area contributed by atoms with E-state index in [1.165, 1.54) is 0 Å². The van der Waals surface area contributed by atoms with E-state index in [1.807, 2.05) is 0 Å². The zero-order valence-electron chi connectivity index (χ0n) is 7.85. The number of rotatable bonds is 4. The van der Waals surface area contributed by atoms with Gasteiger partial charge in [0.05, 0.1) is 18.2 Å². The van der Waals surface area contributed by atoms with E-state index in [1.54, 1.807) is 18.6 Å². The number of nitrogens with zero attached hydrogens (tertiary/aromatic N) is 2. The molecule has 1 aliphatic carbocycles. The molecule has 1 aromatic heterocycles. The van der Waals surface area contributed by atoms with Crippen molar-refractivity contribution in [2.75, 3.05) is 6.61 Å². The molecular weight excluding hydrogens is 180 g/mol. The average Bonchev–Trinajstić information content (AvgIpc) is 3.02. The molecule has 0 unspecified atom stereocenters. The van der Waals surface area contributed by atoms with Gasteiger partial charge in [-0.25, -0.2) is 0 Å². The van der Waals surface area contributed by atoms with Crippen molar-refractivity contribution in [3.8, 4) is 0 Å². The molecule has 0 bridgehead atoms. The lowest BCUT2D eigenvalue weighted by molar-refractivity contribution is -0.145. The molecule has 74 valence electrons. The summed E-state index contributed by atoms with van der Waals surface area (Å²) in [5.41, 5.74) is 0.857. The van der Waals surface area contributed by atoms with E-state index < -0.39 is 0 Å². The van der Waals surface area contributed by atoms with Gasteiger partial charge in [0.25, 0.3) is 0 Å². The molecule has 4 nitrogen and oxygen atoms in total. The van der Waals surface area contributed by atoms with Crippen LogP contribution in [0.5, 0.6) is 0 Å². The normalized spacial score (nSPS) is 15.1. The van der Waals surface area contributed by atoms with Crippen LogP contribution in [-0.2, 0) is 16.0 Å². The van der Waals surface area contributed by atoms with E-state index in [0.29, 0.717) is 13.0 Å². The molecule has 1 saturated carbocycles. The molecule has 1 fully saturated rings. The molecule has 0 N–H and O–H groups in total. The smallest absolute Gasteiger partial charge is 0.308 e. The summed E-state index contributed by atoms with van der Waals surface area (Å²) in [5.74, 6) is 0.116. The minimum absolute atomic E-state index is 0.0612. The van der Waals surface area contributed by atoms with Gasteiger partial charge in [-0.1, -0.05) is 0 Å². The summed E-state index contributed by atoms with van der Waals surface area (Å²) in [6.07, 6.45) is 7.57. The van der Waals surface area contributed by atoms with Crippen molar-refractivity contribution in [2.45, 2.75) is 19.3 Å². The molecule has 1 aliphatic rings. The van der Waals surface area contributed by atoms with E-state index in [-0.39, 0.29) is 11.9 Å². The molecule has 0 radical (unpaired) electrons. The van der Waals surface area contributed by atoms with Crippen molar-refractivity contribution >= 4 is 5.97 Å². The van der Waals surface area contributed by atoms with Gasteiger partial charge < -0.3 is 4.74 Å². The minimum Gasteiger partial charge on any atom is -0.465 e. The van der Waals surface area contributed by atoms with Crippen LogP contribution < -0.4 is 0 Å². The van der Waals surface area contributed by atoms with E-state index in [0.717, 1.165) is 18.5 Å². The summed E-state index contributed by atoms with van der Waals surface area (Å²) in [6.45, 7) is 0.411. The molecule has 0 atom stereocenters. The van der Waals surface area contributed by atoms with Crippen LogP contribution in [0.4, 0.5) is 0 Å². The minimum atomic E-state index is -0.0612. The molecule has 0 aromatic carbocycles. The Morgan fingerprint density at radius 1 is 1.50 bits per heavy atom. The highest BCUT2D eigenvalue weighted by Gasteiger charge is 2.30. The Kier molecular flexibility index (Phi) is 2.72. The van der Waals surface area contributed by atoms with Crippen molar-refractivity contribution in [1.29, 1.82) is 0 Å². The van der Waals surface area contributed by atoms with Crippen molar-refractivity contribution < 1.29 is 9.53 Å². The molecule has 0 spiro atoms. The third-order valence-corrected chi connectivity index (χ3v) is 2.13. The Morgan fingerprint density at radius 2 is 2.36 bits per heavy atom. The highest BCUT2D eigenvalue weighted by Crippen LogP contribution is 2.29. The maximum absolute atomic E-state index is 11.1. The summed E-state index contributed by atoms with van der Waals surface area (Å²) in [4.78, 5) is 19.1. The van der Waals surface area contributed by atoms with Crippen molar-refractivity contribution in [2.24, 2.45) is 5.92 Å². The first-order chi connectivity index (χ1) is 6.86. The van der Waals surface area contributed by atoms with Gasteiger partial charge in [-0.15, -0.1) is 0 Å². The highest BCUT2D eigenvalue weighted by atomic mass is 16.5. The van der Waals surface area contributed by atoms with Gasteiger partial charge in [0.1, 0.15) is 0 Å². The molecule has 1 heterocycles. The maximum Gasteiger partial charge on any atom is 0.308 e. The quantitative estimate of drug-likeness (QED) is 0.667. The predicted molar refractivity (Wildman–Crippen MR) is 49.4 cm³/mol. The van der Waals surface area contributed by atoms with Crippen LogP contribution in [0.2, 0.25) is 0 Å². The van der Waals surface area contributed by atoms with E-state index >= 15 is 0 Å². The van der Waals surface area contributed by atoms with E-state index in [9.17, 15) is 4.79 Å². The molecule has 2 rings (SSSR count). The molecule has 0 saturated heterocycles. The Balaban J connectivity index is 1.70. The largest absolute Gasteiger partial charge is 0.465 e. The van der Waals surface area contributed by atoms with Gasteiger partial charge >= 0.3 is 5.97 Å². The second kappa shape index (κ2) is 4.17. The molecule has 14 heavy (non-hydrogen) atoms. The predicted octanol–water partition coefficient (Wildman–Crippen LogP) is 0.972. The number of ether oxygens (including phenoxy) is 1. The third-order valence-electron chi connectivity index (χ3n) is 2.13. The summed E-state index contributed by atoms with van der Waals surface area (Å²) < 4.78 is 5.06. The van der Waals surface area contributed by atoms with Crippen LogP contribution in [0.1, 0.15) is 18.5 Å². The second-order valence-electron chi connectivity index (χ2n) is 3.39. The number of esters is 1. The van der Waals surface area contributed by atoms with E-state index in [2.05, 4.69) is 9.97 Å². The number of hydrogen-bond acceptors (Lipinski definition) is 4. The Morgan fingerprint density at radius 3 is 3.00 bits per heavy atom. The molecular formula is C10H12N2O2. The first kappa shape index (κ1) is 9.12. The van der Waals surface area contributed by atoms with Gasteiger partial charge in [-0.3, -0.25) is 14.8 Å². The van der Waals surface area contributed by atoms with Crippen LogP contribution in [0.25, 0.3) is 0 Å². The van der Waals surface area contributed by atoms with Crippen LogP contribution in [0, 0.1) is 5.92 Å². The summed E-state index contributed by atoms with van der Waals surface area (Å²) in [5, 5.41) is 0. The maximum atomic E-state index is 11.1. The van der Waals surface area contributed by atoms with Crippen LogP contribution in [-0.4, -0.2) is 22.5 Å². The van der Waals surface area contributed by atoms with Crippen molar-refractivity contribution in [3.05, 3.63) is 24.3 Å². The van der Waals surface area contributed by atoms with Crippen LogP contribution >= 0.6 is 0 Å². The number of carbonyl (C=O) groups is 1. The van der Waals surface area contributed by atoms with Gasteiger partial charge in [0.15, 0.2) is 0 Å². The van der Waals surface area contributed by atoms with Gasteiger partial charge in [-0.05, 0) is 12.8 Å². The Hall–Kier alpha value is -1.45. The zero-order chi connectivity index (χ0) is 9.80. The monoisotopic (exact) mass is 192 g/mol. The molecule has 0 aliphatic heterocycles. The summed E-state index contributed by atoms with van der Waals surface area (Å²) in [7, 11) is 0. The Labute approximate surface area is 82.3 Å². The lowest BCUT2D eigenvalue weighted by Crippen LogP contribution is -2.09. The molecule has 1 aromatic rings. The third kappa shape index (κ3) is 2.52. The fraction of sp³-hybridized carbons (Fsp3) is 0.500. The van der Waals surface area contributed by atoms with Crippen LogP contribution in [0.3, 0.4) is 0 Å². The van der Waals surface area contributed by atoms with Gasteiger partial charge in [0, 0.05) is 25.0 Å². The number of hydrogen-bond donors (Lipinski definition) is 0. The van der Waals surface area contributed by atoms with Gasteiger partial charge in [0.2, 0.25) is 0 Å². The fourth-order valence-electron chi connectivity index (χ4n) is 1.15. The Bertz CT molecular complexity index is 309. The first-order valence-corrected chi connectivity index (χ1v) is 4.78. The highest BCUT2D eigenvalue weighted by molar-refractivity contribution is 5.74.